The maximum atomic E-state index is 13.0. The molecule has 25 heavy (non-hydrogen) atoms. The van der Waals surface area contributed by atoms with E-state index in [1.165, 1.54) is 0 Å². The van der Waals surface area contributed by atoms with Gasteiger partial charge in [-0.3, -0.25) is 4.79 Å². The van der Waals surface area contributed by atoms with E-state index < -0.39 is 0 Å². The number of likely N-dealkylation sites (tertiary alicyclic amines) is 1. The average Bonchev–Trinajstić information content (AvgIpc) is 3.13. The standard InChI is InChI=1S/C19H24N4O2/c1-22(2)12-13-5-3-6-15(11-13)19(24)23-10-4-7-16(23)17-20-18(25-21-17)14-8-9-14/h3,5-6,11,14,16H,4,7-10,12H2,1-2H3/t16-/m1/s1. The highest BCUT2D eigenvalue weighted by Gasteiger charge is 2.36. The summed E-state index contributed by atoms with van der Waals surface area (Å²) >= 11 is 0. The van der Waals surface area contributed by atoms with Crippen molar-refractivity contribution in [2.24, 2.45) is 0 Å². The summed E-state index contributed by atoms with van der Waals surface area (Å²) in [6.45, 7) is 1.56. The van der Waals surface area contributed by atoms with Crippen molar-refractivity contribution in [2.75, 3.05) is 20.6 Å². The lowest BCUT2D eigenvalue weighted by Crippen LogP contribution is -2.31. The number of hydrogen-bond donors (Lipinski definition) is 0. The molecule has 0 N–H and O–H groups in total. The molecule has 1 saturated heterocycles. The fraction of sp³-hybridized carbons (Fsp3) is 0.526. The first-order valence-electron chi connectivity index (χ1n) is 9.00. The molecule has 0 radical (unpaired) electrons. The van der Waals surface area contributed by atoms with Crippen LogP contribution in [-0.4, -0.2) is 46.5 Å². The van der Waals surface area contributed by atoms with E-state index in [0.29, 0.717) is 11.7 Å². The minimum Gasteiger partial charge on any atom is -0.339 e. The van der Waals surface area contributed by atoms with E-state index in [1.54, 1.807) is 0 Å². The maximum Gasteiger partial charge on any atom is 0.254 e. The SMILES string of the molecule is CN(C)Cc1cccc(C(=O)N2CCC[C@@H]2c2noc(C3CC3)n2)c1. The summed E-state index contributed by atoms with van der Waals surface area (Å²) in [7, 11) is 4.05. The molecule has 0 spiro atoms. The highest BCUT2D eigenvalue weighted by atomic mass is 16.5. The van der Waals surface area contributed by atoms with E-state index in [1.807, 2.05) is 37.2 Å². The van der Waals surface area contributed by atoms with Crippen molar-refractivity contribution in [1.29, 1.82) is 0 Å². The van der Waals surface area contributed by atoms with Crippen molar-refractivity contribution in [3.8, 4) is 0 Å². The molecule has 2 fully saturated rings. The summed E-state index contributed by atoms with van der Waals surface area (Å²) in [6, 6.07) is 7.82. The Morgan fingerprint density at radius 1 is 1.32 bits per heavy atom. The lowest BCUT2D eigenvalue weighted by molar-refractivity contribution is 0.0728. The molecule has 0 unspecified atom stereocenters. The van der Waals surface area contributed by atoms with Crippen LogP contribution >= 0.6 is 0 Å². The van der Waals surface area contributed by atoms with Gasteiger partial charge >= 0.3 is 0 Å². The van der Waals surface area contributed by atoms with E-state index in [2.05, 4.69) is 21.1 Å². The average molecular weight is 340 g/mol. The highest BCUT2D eigenvalue weighted by Crippen LogP contribution is 2.40. The third kappa shape index (κ3) is 3.44. The number of hydrogen-bond acceptors (Lipinski definition) is 5. The summed E-state index contributed by atoms with van der Waals surface area (Å²) in [5.41, 5.74) is 1.87. The first kappa shape index (κ1) is 16.3. The van der Waals surface area contributed by atoms with Crippen LogP contribution in [-0.2, 0) is 6.54 Å². The first-order chi connectivity index (χ1) is 12.1. The van der Waals surface area contributed by atoms with Crippen LogP contribution in [0.1, 0.15) is 65.3 Å². The Bertz CT molecular complexity index is 766. The molecule has 6 nitrogen and oxygen atoms in total. The molecule has 1 aromatic carbocycles. The molecule has 1 aliphatic carbocycles. The molecular formula is C19H24N4O2. The second kappa shape index (κ2) is 6.59. The number of carbonyl (C=O) groups excluding carboxylic acids is 1. The van der Waals surface area contributed by atoms with Crippen LogP contribution in [0.15, 0.2) is 28.8 Å². The molecule has 132 valence electrons. The van der Waals surface area contributed by atoms with E-state index in [9.17, 15) is 4.79 Å². The third-order valence-corrected chi connectivity index (χ3v) is 4.87. The Hall–Kier alpha value is -2.21. The van der Waals surface area contributed by atoms with Gasteiger partial charge in [-0.1, -0.05) is 17.3 Å². The number of benzene rings is 1. The van der Waals surface area contributed by atoms with E-state index in [0.717, 1.165) is 55.8 Å². The van der Waals surface area contributed by atoms with Gasteiger partial charge in [0.1, 0.15) is 0 Å². The van der Waals surface area contributed by atoms with Gasteiger partial charge in [-0.25, -0.2) is 0 Å². The van der Waals surface area contributed by atoms with Crippen LogP contribution in [0.2, 0.25) is 0 Å². The van der Waals surface area contributed by atoms with Crippen molar-refractivity contribution >= 4 is 5.91 Å². The molecule has 1 aliphatic heterocycles. The van der Waals surface area contributed by atoms with E-state index in [-0.39, 0.29) is 11.9 Å². The lowest BCUT2D eigenvalue weighted by atomic mass is 10.1. The minimum atomic E-state index is -0.0683. The zero-order valence-corrected chi connectivity index (χ0v) is 14.8. The zero-order valence-electron chi connectivity index (χ0n) is 14.8. The topological polar surface area (TPSA) is 62.5 Å². The smallest absolute Gasteiger partial charge is 0.254 e. The predicted octanol–water partition coefficient (Wildman–Crippen LogP) is 2.99. The number of rotatable bonds is 5. The van der Waals surface area contributed by atoms with E-state index >= 15 is 0 Å². The summed E-state index contributed by atoms with van der Waals surface area (Å²) in [4.78, 5) is 21.6. The van der Waals surface area contributed by atoms with Crippen molar-refractivity contribution in [1.82, 2.24) is 19.9 Å². The summed E-state index contributed by atoms with van der Waals surface area (Å²) in [5.74, 6) is 1.90. The Kier molecular flexibility index (Phi) is 4.29. The molecule has 1 saturated carbocycles. The van der Waals surface area contributed by atoms with Crippen LogP contribution in [0.25, 0.3) is 0 Å². The Labute approximate surface area is 147 Å². The second-order valence-corrected chi connectivity index (χ2v) is 7.36. The Morgan fingerprint density at radius 3 is 2.92 bits per heavy atom. The Balaban J connectivity index is 1.53. The van der Waals surface area contributed by atoms with Crippen molar-refractivity contribution in [3.63, 3.8) is 0 Å². The molecule has 1 aromatic heterocycles. The highest BCUT2D eigenvalue weighted by molar-refractivity contribution is 5.94. The fourth-order valence-electron chi connectivity index (χ4n) is 3.49. The summed E-state index contributed by atoms with van der Waals surface area (Å²) in [5, 5.41) is 4.16. The second-order valence-electron chi connectivity index (χ2n) is 7.36. The van der Waals surface area contributed by atoms with Crippen LogP contribution in [0, 0.1) is 0 Å². The molecule has 1 amide bonds. The van der Waals surface area contributed by atoms with Gasteiger partial charge in [0.15, 0.2) is 5.82 Å². The molecule has 2 aliphatic rings. The molecule has 0 bridgehead atoms. The zero-order chi connectivity index (χ0) is 17.4. The van der Waals surface area contributed by atoms with Gasteiger partial charge in [0.2, 0.25) is 5.89 Å². The van der Waals surface area contributed by atoms with Crippen molar-refractivity contribution in [3.05, 3.63) is 47.1 Å². The molecule has 2 heterocycles. The Morgan fingerprint density at radius 2 is 2.16 bits per heavy atom. The number of carbonyl (C=O) groups is 1. The van der Waals surface area contributed by atoms with E-state index in [4.69, 9.17) is 4.52 Å². The van der Waals surface area contributed by atoms with Crippen LogP contribution < -0.4 is 0 Å². The summed E-state index contributed by atoms with van der Waals surface area (Å²) in [6.07, 6.45) is 4.13. The van der Waals surface area contributed by atoms with Gasteiger partial charge in [0.25, 0.3) is 5.91 Å². The summed E-state index contributed by atoms with van der Waals surface area (Å²) < 4.78 is 5.39. The molecule has 6 heteroatoms. The molecule has 4 rings (SSSR count). The maximum absolute atomic E-state index is 13.0. The van der Waals surface area contributed by atoms with Crippen LogP contribution in [0.5, 0.6) is 0 Å². The minimum absolute atomic E-state index is 0.0564. The number of aromatic nitrogens is 2. The molecular weight excluding hydrogens is 316 g/mol. The van der Waals surface area contributed by atoms with Gasteiger partial charge in [-0.2, -0.15) is 4.98 Å². The van der Waals surface area contributed by atoms with Crippen LogP contribution in [0.3, 0.4) is 0 Å². The number of amides is 1. The monoisotopic (exact) mass is 340 g/mol. The number of nitrogens with zero attached hydrogens (tertiary/aromatic N) is 4. The van der Waals surface area contributed by atoms with Crippen molar-refractivity contribution < 1.29 is 9.32 Å². The largest absolute Gasteiger partial charge is 0.339 e. The third-order valence-electron chi connectivity index (χ3n) is 4.87. The lowest BCUT2D eigenvalue weighted by Gasteiger charge is -2.22. The predicted molar refractivity (Wildman–Crippen MR) is 93.1 cm³/mol. The van der Waals surface area contributed by atoms with Gasteiger partial charge in [-0.05, 0) is 57.5 Å². The van der Waals surface area contributed by atoms with Crippen molar-refractivity contribution in [2.45, 2.75) is 44.2 Å². The molecule has 1 atom stereocenters. The molecule has 2 aromatic rings. The normalized spacial score (nSPS) is 20.4. The van der Waals surface area contributed by atoms with Gasteiger partial charge < -0.3 is 14.3 Å². The van der Waals surface area contributed by atoms with Gasteiger partial charge in [-0.15, -0.1) is 0 Å². The fourth-order valence-corrected chi connectivity index (χ4v) is 3.49. The van der Waals surface area contributed by atoms with Gasteiger partial charge in [0, 0.05) is 24.6 Å². The first-order valence-corrected chi connectivity index (χ1v) is 9.00. The van der Waals surface area contributed by atoms with Gasteiger partial charge in [0.05, 0.1) is 6.04 Å². The van der Waals surface area contributed by atoms with Crippen LogP contribution in [0.4, 0.5) is 0 Å². The quantitative estimate of drug-likeness (QED) is 0.837.